The number of nitrogens with zero attached hydrogens (tertiary/aromatic N) is 1. The van der Waals surface area contributed by atoms with Gasteiger partial charge in [0.05, 0.1) is 0 Å². The Morgan fingerprint density at radius 2 is 2.00 bits per heavy atom. The maximum Gasteiger partial charge on any atom is 0.235 e. The number of fused-ring (bicyclic) bond motifs is 1. The van der Waals surface area contributed by atoms with Crippen LogP contribution >= 0.6 is 11.6 Å². The van der Waals surface area contributed by atoms with E-state index in [9.17, 15) is 9.90 Å². The van der Waals surface area contributed by atoms with Gasteiger partial charge in [-0.1, -0.05) is 24.4 Å². The van der Waals surface area contributed by atoms with Crippen molar-refractivity contribution in [1.82, 2.24) is 0 Å². The van der Waals surface area contributed by atoms with Crippen LogP contribution in [-0.4, -0.2) is 24.4 Å². The van der Waals surface area contributed by atoms with Gasteiger partial charge in [-0.15, -0.1) is 0 Å². The lowest BCUT2D eigenvalue weighted by atomic mass is 9.87. The average Bonchev–Trinajstić information content (AvgIpc) is 2.93. The summed E-state index contributed by atoms with van der Waals surface area (Å²) in [6, 6.07) is 1.68. The van der Waals surface area contributed by atoms with Crippen LogP contribution in [0.15, 0.2) is 11.1 Å². The van der Waals surface area contributed by atoms with E-state index in [-0.39, 0.29) is 10.8 Å². The third-order valence-corrected chi connectivity index (χ3v) is 4.29. The molecular formula is C14H14ClNO4. The Morgan fingerprint density at radius 1 is 1.30 bits per heavy atom. The van der Waals surface area contributed by atoms with E-state index in [4.69, 9.17) is 21.1 Å². The number of aromatic hydroxyl groups is 1. The molecule has 0 aromatic heterocycles. The molecule has 1 aromatic carbocycles. The minimum absolute atomic E-state index is 0.0863. The first-order chi connectivity index (χ1) is 9.68. The van der Waals surface area contributed by atoms with Gasteiger partial charge in [0.1, 0.15) is 29.5 Å². The molecule has 1 heterocycles. The molecule has 1 aromatic rings. The Hall–Kier alpha value is -1.71. The second kappa shape index (κ2) is 5.00. The third-order valence-electron chi connectivity index (χ3n) is 3.94. The zero-order valence-electron chi connectivity index (χ0n) is 10.8. The molecular weight excluding hydrogens is 282 g/mol. The Bertz CT molecular complexity index is 589. The van der Waals surface area contributed by atoms with E-state index in [1.165, 1.54) is 0 Å². The van der Waals surface area contributed by atoms with Crippen LogP contribution in [0.1, 0.15) is 31.2 Å². The lowest BCUT2D eigenvalue weighted by Crippen LogP contribution is -2.21. The van der Waals surface area contributed by atoms with Gasteiger partial charge >= 0.3 is 0 Å². The van der Waals surface area contributed by atoms with E-state index in [0.29, 0.717) is 43.1 Å². The van der Waals surface area contributed by atoms with Crippen molar-refractivity contribution < 1.29 is 19.4 Å². The van der Waals surface area contributed by atoms with Gasteiger partial charge in [0.2, 0.25) is 6.08 Å². The normalized spacial score (nSPS) is 19.4. The van der Waals surface area contributed by atoms with Crippen LogP contribution in [0.2, 0.25) is 5.02 Å². The molecule has 1 aliphatic carbocycles. The van der Waals surface area contributed by atoms with Gasteiger partial charge in [0.25, 0.3) is 0 Å². The molecule has 106 valence electrons. The minimum atomic E-state index is -0.745. The summed E-state index contributed by atoms with van der Waals surface area (Å²) in [5.41, 5.74) is -0.224. The molecule has 0 unspecified atom stereocenters. The van der Waals surface area contributed by atoms with Crippen molar-refractivity contribution in [3.63, 3.8) is 0 Å². The van der Waals surface area contributed by atoms with Gasteiger partial charge in [0, 0.05) is 5.56 Å². The summed E-state index contributed by atoms with van der Waals surface area (Å²) < 4.78 is 10.9. The monoisotopic (exact) mass is 295 g/mol. The predicted octanol–water partition coefficient (Wildman–Crippen LogP) is 2.92. The van der Waals surface area contributed by atoms with E-state index in [2.05, 4.69) is 4.99 Å². The minimum Gasteiger partial charge on any atom is -0.506 e. The summed E-state index contributed by atoms with van der Waals surface area (Å²) in [5, 5.41) is 10.5. The van der Waals surface area contributed by atoms with Crippen molar-refractivity contribution in [2.24, 2.45) is 4.99 Å². The number of phenols is 1. The van der Waals surface area contributed by atoms with Gasteiger partial charge < -0.3 is 14.6 Å². The standard InChI is InChI=1S/C14H14ClNO4/c15-11-12(18)9(7-10-13(11)20-6-5-19-10)14(16-8-17)3-1-2-4-14/h7,18H,1-6H2. The SMILES string of the molecule is O=C=NC1(c2cc3c(c(Cl)c2O)OCCO3)CCCC1. The number of hydrogen-bond acceptors (Lipinski definition) is 5. The second-order valence-electron chi connectivity index (χ2n) is 5.05. The molecule has 20 heavy (non-hydrogen) atoms. The number of isocyanates is 1. The largest absolute Gasteiger partial charge is 0.506 e. The maximum absolute atomic E-state index is 10.8. The lowest BCUT2D eigenvalue weighted by Gasteiger charge is -2.27. The molecule has 3 rings (SSSR count). The highest BCUT2D eigenvalue weighted by Gasteiger charge is 2.40. The molecule has 0 bridgehead atoms. The van der Waals surface area contributed by atoms with Crippen LogP contribution in [-0.2, 0) is 10.3 Å². The van der Waals surface area contributed by atoms with Gasteiger partial charge in [-0.3, -0.25) is 0 Å². The number of hydrogen-bond donors (Lipinski definition) is 1. The first-order valence-electron chi connectivity index (χ1n) is 6.58. The van der Waals surface area contributed by atoms with Gasteiger partial charge in [-0.25, -0.2) is 4.79 Å². The van der Waals surface area contributed by atoms with Crippen molar-refractivity contribution in [3.05, 3.63) is 16.7 Å². The van der Waals surface area contributed by atoms with Crippen molar-refractivity contribution in [2.45, 2.75) is 31.2 Å². The smallest absolute Gasteiger partial charge is 0.235 e. The van der Waals surface area contributed by atoms with Crippen molar-refractivity contribution >= 4 is 17.7 Å². The summed E-state index contributed by atoms with van der Waals surface area (Å²) in [6.45, 7) is 0.820. The fourth-order valence-electron chi connectivity index (χ4n) is 2.98. The molecule has 0 spiro atoms. The molecule has 0 saturated heterocycles. The van der Waals surface area contributed by atoms with Crippen molar-refractivity contribution in [3.8, 4) is 17.2 Å². The summed E-state index contributed by atoms with van der Waals surface area (Å²) in [5.74, 6) is 0.751. The van der Waals surface area contributed by atoms with Gasteiger partial charge in [-0.2, -0.15) is 4.99 Å². The summed E-state index contributed by atoms with van der Waals surface area (Å²) in [7, 11) is 0. The molecule has 0 radical (unpaired) electrons. The Labute approximate surface area is 121 Å². The van der Waals surface area contributed by atoms with Crippen LogP contribution in [0.4, 0.5) is 0 Å². The van der Waals surface area contributed by atoms with Crippen LogP contribution in [0, 0.1) is 0 Å². The Balaban J connectivity index is 2.18. The first kappa shape index (κ1) is 13.3. The maximum atomic E-state index is 10.8. The zero-order chi connectivity index (χ0) is 14.2. The summed E-state index contributed by atoms with van der Waals surface area (Å²) in [4.78, 5) is 14.7. The summed E-state index contributed by atoms with van der Waals surface area (Å²) >= 11 is 6.16. The Kier molecular flexibility index (Phi) is 3.32. The fourth-order valence-corrected chi connectivity index (χ4v) is 3.23. The predicted molar refractivity (Wildman–Crippen MR) is 72.4 cm³/mol. The average molecular weight is 296 g/mol. The number of phenolic OH excluding ortho intramolecular Hbond substituents is 1. The molecule has 0 atom stereocenters. The number of halogens is 1. The number of aliphatic imine (C=N–C) groups is 1. The lowest BCUT2D eigenvalue weighted by molar-refractivity contribution is 0.170. The van der Waals surface area contributed by atoms with E-state index in [1.54, 1.807) is 12.1 Å². The molecule has 6 heteroatoms. The number of rotatable bonds is 2. The third kappa shape index (κ3) is 1.94. The molecule has 1 N–H and O–H groups in total. The molecule has 1 aliphatic heterocycles. The molecule has 0 amide bonds. The van der Waals surface area contributed by atoms with E-state index >= 15 is 0 Å². The zero-order valence-corrected chi connectivity index (χ0v) is 11.6. The fraction of sp³-hybridized carbons (Fsp3) is 0.500. The topological polar surface area (TPSA) is 68.1 Å². The second-order valence-corrected chi connectivity index (χ2v) is 5.43. The van der Waals surface area contributed by atoms with E-state index in [0.717, 1.165) is 12.8 Å². The van der Waals surface area contributed by atoms with Gasteiger partial charge in [0.15, 0.2) is 11.5 Å². The molecule has 2 aliphatic rings. The first-order valence-corrected chi connectivity index (χ1v) is 6.96. The quantitative estimate of drug-likeness (QED) is 0.673. The number of benzene rings is 1. The van der Waals surface area contributed by atoms with Crippen LogP contribution < -0.4 is 9.47 Å². The van der Waals surface area contributed by atoms with Crippen molar-refractivity contribution in [1.29, 1.82) is 0 Å². The highest BCUT2D eigenvalue weighted by Crippen LogP contribution is 2.52. The highest BCUT2D eigenvalue weighted by atomic mass is 35.5. The van der Waals surface area contributed by atoms with Crippen LogP contribution in [0.25, 0.3) is 0 Å². The molecule has 1 saturated carbocycles. The highest BCUT2D eigenvalue weighted by molar-refractivity contribution is 6.34. The van der Waals surface area contributed by atoms with Gasteiger partial charge in [-0.05, 0) is 18.9 Å². The van der Waals surface area contributed by atoms with Crippen molar-refractivity contribution in [2.75, 3.05) is 13.2 Å². The molecule has 5 nitrogen and oxygen atoms in total. The molecule has 1 fully saturated rings. The number of carbonyl (C=O) groups excluding carboxylic acids is 1. The number of ether oxygens (including phenoxy) is 2. The van der Waals surface area contributed by atoms with Crippen LogP contribution in [0.3, 0.4) is 0 Å². The Morgan fingerprint density at radius 3 is 2.70 bits per heavy atom. The van der Waals surface area contributed by atoms with E-state index < -0.39 is 5.54 Å². The van der Waals surface area contributed by atoms with E-state index in [1.807, 2.05) is 0 Å². The van der Waals surface area contributed by atoms with Crippen LogP contribution in [0.5, 0.6) is 17.2 Å². The summed E-state index contributed by atoms with van der Waals surface area (Å²) in [6.07, 6.45) is 4.88.